The van der Waals surface area contributed by atoms with E-state index in [0.717, 1.165) is 34.9 Å². The van der Waals surface area contributed by atoms with Crippen LogP contribution in [-0.2, 0) is 12.8 Å². The molecule has 4 aromatic rings. The summed E-state index contributed by atoms with van der Waals surface area (Å²) in [7, 11) is 0. The van der Waals surface area contributed by atoms with Gasteiger partial charge in [0.2, 0.25) is 0 Å². The lowest BCUT2D eigenvalue weighted by Gasteiger charge is -2.20. The Hall–Kier alpha value is -3.65. The third kappa shape index (κ3) is 2.09. The number of benzene rings is 2. The first kappa shape index (κ1) is 14.7. The Morgan fingerprint density at radius 3 is 2.46 bits per heavy atom. The van der Waals surface area contributed by atoms with Crippen molar-refractivity contribution in [1.82, 2.24) is 15.2 Å². The number of aromatic amines is 1. The van der Waals surface area contributed by atoms with Gasteiger partial charge in [0.05, 0.1) is 17.5 Å². The molecule has 0 aliphatic heterocycles. The van der Waals surface area contributed by atoms with Crippen LogP contribution in [0.4, 0.5) is 0 Å². The van der Waals surface area contributed by atoms with E-state index in [1.54, 1.807) is 30.5 Å². The Labute approximate surface area is 149 Å². The molecule has 5 heteroatoms. The van der Waals surface area contributed by atoms with Gasteiger partial charge in [-0.2, -0.15) is 10.4 Å². The van der Waals surface area contributed by atoms with Gasteiger partial charge in [-0.1, -0.05) is 18.2 Å². The monoisotopic (exact) mass is 338 g/mol. The Morgan fingerprint density at radius 1 is 1.00 bits per heavy atom. The average molecular weight is 338 g/mol. The normalized spacial score (nSPS) is 12.4. The number of nitrogens with zero attached hydrogens (tertiary/aromatic N) is 3. The van der Waals surface area contributed by atoms with Crippen LogP contribution in [0.2, 0.25) is 0 Å². The van der Waals surface area contributed by atoms with Crippen LogP contribution < -0.4 is 0 Å². The molecule has 0 bridgehead atoms. The predicted molar refractivity (Wildman–Crippen MR) is 98.5 cm³/mol. The van der Waals surface area contributed by atoms with Crippen molar-refractivity contribution in [3.63, 3.8) is 0 Å². The Balaban J connectivity index is 1.83. The van der Waals surface area contributed by atoms with E-state index in [0.29, 0.717) is 16.9 Å². The fourth-order valence-corrected chi connectivity index (χ4v) is 3.56. The van der Waals surface area contributed by atoms with Crippen LogP contribution in [0.3, 0.4) is 0 Å². The molecule has 0 saturated carbocycles. The van der Waals surface area contributed by atoms with Gasteiger partial charge < -0.3 is 5.11 Å². The van der Waals surface area contributed by atoms with Gasteiger partial charge in [-0.25, -0.2) is 4.98 Å². The summed E-state index contributed by atoms with van der Waals surface area (Å²) in [6.07, 6.45) is 3.92. The summed E-state index contributed by atoms with van der Waals surface area (Å²) in [5.41, 5.74) is 7.10. The second-order valence-corrected chi connectivity index (χ2v) is 6.48. The van der Waals surface area contributed by atoms with Gasteiger partial charge in [0.25, 0.3) is 0 Å². The number of phenolic OH excluding ortho intramolecular Hbond substituents is 1. The SMILES string of the molecule is N#Cc1c(-c2ccc(O)cc2)nc2[nH]ncc2c1-c1ccc2c(c1)CC2. The van der Waals surface area contributed by atoms with Gasteiger partial charge >= 0.3 is 0 Å². The quantitative estimate of drug-likeness (QED) is 0.579. The molecule has 1 aliphatic carbocycles. The highest BCUT2D eigenvalue weighted by molar-refractivity contribution is 5.99. The first-order valence-corrected chi connectivity index (χ1v) is 8.43. The van der Waals surface area contributed by atoms with Crippen molar-refractivity contribution >= 4 is 11.0 Å². The van der Waals surface area contributed by atoms with E-state index in [2.05, 4.69) is 39.4 Å². The molecule has 5 rings (SSSR count). The Morgan fingerprint density at radius 2 is 1.77 bits per heavy atom. The maximum atomic E-state index is 9.94. The number of phenols is 1. The van der Waals surface area contributed by atoms with Crippen molar-refractivity contribution in [2.75, 3.05) is 0 Å². The molecule has 0 fully saturated rings. The number of aryl methyl sites for hydroxylation is 2. The van der Waals surface area contributed by atoms with E-state index in [1.807, 2.05) is 0 Å². The van der Waals surface area contributed by atoms with Gasteiger partial charge in [-0.05, 0) is 53.8 Å². The first-order chi connectivity index (χ1) is 12.7. The van der Waals surface area contributed by atoms with Crippen LogP contribution in [0.25, 0.3) is 33.4 Å². The van der Waals surface area contributed by atoms with Crippen LogP contribution in [0, 0.1) is 11.3 Å². The molecule has 0 saturated heterocycles. The van der Waals surface area contributed by atoms with Crippen LogP contribution >= 0.6 is 0 Å². The summed E-state index contributed by atoms with van der Waals surface area (Å²) >= 11 is 0. The third-order valence-electron chi connectivity index (χ3n) is 5.01. The first-order valence-electron chi connectivity index (χ1n) is 8.43. The number of hydrogen-bond acceptors (Lipinski definition) is 4. The zero-order chi connectivity index (χ0) is 17.7. The fraction of sp³-hybridized carbons (Fsp3) is 0.0952. The maximum Gasteiger partial charge on any atom is 0.156 e. The number of fused-ring (bicyclic) bond motifs is 2. The number of nitriles is 1. The lowest BCUT2D eigenvalue weighted by atomic mass is 9.84. The lowest BCUT2D eigenvalue weighted by molar-refractivity contribution is 0.475. The summed E-state index contributed by atoms with van der Waals surface area (Å²) in [4.78, 5) is 4.62. The van der Waals surface area contributed by atoms with E-state index in [-0.39, 0.29) is 5.75 Å². The van der Waals surface area contributed by atoms with Crippen molar-refractivity contribution in [3.05, 3.63) is 65.4 Å². The molecule has 2 aromatic heterocycles. The number of rotatable bonds is 2. The Kier molecular flexibility index (Phi) is 3.06. The molecule has 124 valence electrons. The standard InChI is InChI=1S/C21H14N4O/c22-10-17-19(15-4-2-12-1-3-14(12)9-15)18-11-23-25-21(18)24-20(17)13-5-7-16(26)8-6-13/h2,4-9,11,26H,1,3H2,(H,23,24,25). The lowest BCUT2D eigenvalue weighted by Crippen LogP contribution is -2.07. The maximum absolute atomic E-state index is 9.94. The molecular formula is C21H14N4O. The van der Waals surface area contributed by atoms with Gasteiger partial charge in [0.1, 0.15) is 11.8 Å². The molecule has 2 aromatic carbocycles. The highest BCUT2D eigenvalue weighted by Crippen LogP contribution is 2.38. The highest BCUT2D eigenvalue weighted by Gasteiger charge is 2.21. The van der Waals surface area contributed by atoms with Gasteiger partial charge in [-0.15, -0.1) is 0 Å². The van der Waals surface area contributed by atoms with Crippen molar-refractivity contribution in [2.24, 2.45) is 0 Å². The number of aromatic nitrogens is 3. The van der Waals surface area contributed by atoms with E-state index in [4.69, 9.17) is 0 Å². The average Bonchev–Trinajstić information content (AvgIpc) is 3.10. The summed E-state index contributed by atoms with van der Waals surface area (Å²) in [5.74, 6) is 0.178. The zero-order valence-corrected chi connectivity index (χ0v) is 13.8. The molecule has 2 heterocycles. The second-order valence-electron chi connectivity index (χ2n) is 6.48. The second kappa shape index (κ2) is 5.43. The largest absolute Gasteiger partial charge is 0.508 e. The molecule has 0 spiro atoms. The van der Waals surface area contributed by atoms with E-state index in [9.17, 15) is 10.4 Å². The van der Waals surface area contributed by atoms with Crippen LogP contribution in [0.1, 0.15) is 16.7 Å². The van der Waals surface area contributed by atoms with Crippen molar-refractivity contribution in [3.8, 4) is 34.2 Å². The summed E-state index contributed by atoms with van der Waals surface area (Å²) in [5, 5.41) is 27.4. The number of pyridine rings is 1. The number of H-pyrrole nitrogens is 1. The summed E-state index contributed by atoms with van der Waals surface area (Å²) in [6, 6.07) is 15.5. The molecule has 5 nitrogen and oxygen atoms in total. The molecule has 0 atom stereocenters. The molecule has 1 aliphatic rings. The zero-order valence-electron chi connectivity index (χ0n) is 13.8. The molecular weight excluding hydrogens is 324 g/mol. The number of aromatic hydroxyl groups is 1. The van der Waals surface area contributed by atoms with Gasteiger partial charge in [0, 0.05) is 16.5 Å². The van der Waals surface area contributed by atoms with Crippen molar-refractivity contribution in [1.29, 1.82) is 5.26 Å². The molecule has 0 radical (unpaired) electrons. The minimum Gasteiger partial charge on any atom is -0.508 e. The van der Waals surface area contributed by atoms with E-state index in [1.165, 1.54) is 11.1 Å². The molecule has 26 heavy (non-hydrogen) atoms. The predicted octanol–water partition coefficient (Wildman–Crippen LogP) is 3.97. The van der Waals surface area contributed by atoms with Crippen molar-refractivity contribution in [2.45, 2.75) is 12.8 Å². The summed E-state index contributed by atoms with van der Waals surface area (Å²) in [6.45, 7) is 0. The van der Waals surface area contributed by atoms with E-state index >= 15 is 0 Å². The Bertz CT molecular complexity index is 1200. The van der Waals surface area contributed by atoms with Crippen LogP contribution in [0.5, 0.6) is 5.75 Å². The van der Waals surface area contributed by atoms with Crippen LogP contribution in [0.15, 0.2) is 48.7 Å². The molecule has 0 amide bonds. The minimum absolute atomic E-state index is 0.178. The van der Waals surface area contributed by atoms with Crippen molar-refractivity contribution < 1.29 is 5.11 Å². The smallest absolute Gasteiger partial charge is 0.156 e. The molecule has 0 unspecified atom stereocenters. The highest BCUT2D eigenvalue weighted by atomic mass is 16.3. The third-order valence-corrected chi connectivity index (χ3v) is 5.01. The topological polar surface area (TPSA) is 85.6 Å². The summed E-state index contributed by atoms with van der Waals surface area (Å²) < 4.78 is 0. The van der Waals surface area contributed by atoms with E-state index < -0.39 is 0 Å². The number of nitrogens with one attached hydrogen (secondary N) is 1. The minimum atomic E-state index is 0.178. The van der Waals surface area contributed by atoms with Gasteiger partial charge in [-0.3, -0.25) is 5.10 Å². The molecule has 2 N–H and O–H groups in total. The van der Waals surface area contributed by atoms with Gasteiger partial charge in [0.15, 0.2) is 5.65 Å². The number of hydrogen-bond donors (Lipinski definition) is 2. The fourth-order valence-electron chi connectivity index (χ4n) is 3.56. The van der Waals surface area contributed by atoms with Crippen LogP contribution in [-0.4, -0.2) is 20.3 Å².